The maximum atomic E-state index is 10.4. The monoisotopic (exact) mass is 524 g/mol. The van der Waals surface area contributed by atoms with Gasteiger partial charge in [-0.1, -0.05) is 37.3 Å². The number of benzene rings is 1. The first-order chi connectivity index (χ1) is 17.4. The average Bonchev–Trinajstić information content (AvgIpc) is 2.85. The van der Waals surface area contributed by atoms with Crippen molar-refractivity contribution in [1.29, 1.82) is 0 Å². The molecule has 0 aliphatic carbocycles. The van der Waals surface area contributed by atoms with Crippen LogP contribution in [0.1, 0.15) is 154 Å². The van der Waals surface area contributed by atoms with Crippen molar-refractivity contribution in [3.05, 3.63) is 35.9 Å². The zero-order valence-electron chi connectivity index (χ0n) is 23.9. The molecule has 0 bridgehead atoms. The molecule has 1 rings (SSSR count). The van der Waals surface area contributed by atoms with Crippen LogP contribution in [-0.2, 0) is 6.42 Å². The minimum atomic E-state index is -4.39. The van der Waals surface area contributed by atoms with E-state index in [1.807, 2.05) is 0 Å². The zero-order chi connectivity index (χ0) is 26.2. The van der Waals surface area contributed by atoms with Gasteiger partial charge in [0.2, 0.25) is 0 Å². The summed E-state index contributed by atoms with van der Waals surface area (Å²) < 4.78 is 0. The first-order valence-corrected chi connectivity index (χ1v) is 18.2. The Morgan fingerprint density at radius 1 is 0.444 bits per heavy atom. The number of hydrogen-bond acceptors (Lipinski definition) is 3. The molecule has 0 radical (unpaired) electrons. The Balaban J connectivity index is 1.85. The fraction of sp³-hybridized carbons (Fsp3) is 0.812. The van der Waals surface area contributed by atoms with Crippen molar-refractivity contribution in [3.63, 3.8) is 0 Å². The Morgan fingerprint density at radius 3 is 1.17 bits per heavy atom. The van der Waals surface area contributed by atoms with Crippen LogP contribution in [0, 0.1) is 0 Å². The second-order valence-corrected chi connectivity index (χ2v) is 15.0. The van der Waals surface area contributed by atoms with Crippen molar-refractivity contribution in [2.75, 3.05) is 12.3 Å². The third-order valence-corrected chi connectivity index (χ3v) is 10.1. The predicted molar refractivity (Wildman–Crippen MR) is 161 cm³/mol. The summed E-state index contributed by atoms with van der Waals surface area (Å²) in [4.78, 5) is 31.2. The number of hydrogen-bond donors (Lipinski definition) is 3. The molecule has 1 aromatic rings. The van der Waals surface area contributed by atoms with Crippen molar-refractivity contribution in [1.82, 2.24) is 0 Å². The van der Waals surface area contributed by atoms with E-state index in [-0.39, 0.29) is 12.3 Å². The van der Waals surface area contributed by atoms with Gasteiger partial charge in [-0.2, -0.15) is 0 Å². The van der Waals surface area contributed by atoms with Gasteiger partial charge in [0.15, 0.2) is 0 Å². The molecule has 3 N–H and O–H groups in total. The number of rotatable bonds is 26. The summed E-state index contributed by atoms with van der Waals surface area (Å²) in [5.41, 5.74) is 1.46. The van der Waals surface area contributed by atoms with Gasteiger partial charge in [-0.15, -0.1) is 0 Å². The van der Waals surface area contributed by atoms with E-state index < -0.39 is 7.28 Å². The molecule has 0 spiro atoms. The summed E-state index contributed by atoms with van der Waals surface area (Å²) in [6, 6.07) is 10.8. The fourth-order valence-electron chi connectivity index (χ4n) is 5.21. The van der Waals surface area contributed by atoms with Crippen LogP contribution in [0.4, 0.5) is 0 Å². The molecule has 0 heterocycles. The van der Waals surface area contributed by atoms with Crippen molar-refractivity contribution < 1.29 is 14.7 Å². The van der Waals surface area contributed by atoms with Crippen LogP contribution in [0.5, 0.6) is 0 Å². The fourth-order valence-corrected chi connectivity index (χ4v) is 7.18. The van der Waals surface area contributed by atoms with Gasteiger partial charge in [0, 0.05) is 0 Å². The van der Waals surface area contributed by atoms with Gasteiger partial charge in [-0.25, -0.2) is 0 Å². The Bertz CT molecular complexity index is 596. The molecule has 0 aromatic heterocycles. The standard InChI is InChI=1S/C32H61O3P/c1-2-3-4-5-6-7-10-13-16-19-25-30-36(33,34,35)31-26-20-17-14-11-8-9-12-15-18-22-27-32-28-23-21-24-29-32/h21,23-24,28-29,33-35H,2-20,22,25-27,30-31H2,1H3. The molecule has 0 saturated heterocycles. The molecule has 0 aliphatic heterocycles. The average molecular weight is 525 g/mol. The van der Waals surface area contributed by atoms with Crippen LogP contribution in [0.15, 0.2) is 30.3 Å². The van der Waals surface area contributed by atoms with Crippen LogP contribution in [-0.4, -0.2) is 27.0 Å². The molecule has 0 saturated carbocycles. The SMILES string of the molecule is CCCCCCCCCCCCCP(O)(O)(O)CCCCCCCCCCCCCc1ccccc1. The summed E-state index contributed by atoms with van der Waals surface area (Å²) >= 11 is 0. The Kier molecular flexibility index (Phi) is 20.0. The minimum absolute atomic E-state index is 0.201. The number of unbranched alkanes of at least 4 members (excludes halogenated alkanes) is 20. The van der Waals surface area contributed by atoms with Gasteiger partial charge < -0.3 is 0 Å². The Labute approximate surface area is 224 Å². The smallest absolute Gasteiger partial charge is 0.0622 e. The molecule has 0 aliphatic rings. The first kappa shape index (κ1) is 33.6. The Morgan fingerprint density at radius 2 is 0.778 bits per heavy atom. The van der Waals surface area contributed by atoms with Crippen LogP contribution in [0.2, 0.25) is 0 Å². The van der Waals surface area contributed by atoms with E-state index in [1.165, 1.54) is 115 Å². The van der Waals surface area contributed by atoms with Gasteiger partial charge in [0.1, 0.15) is 0 Å². The molecule has 3 nitrogen and oxygen atoms in total. The molecular formula is C32H61O3P. The molecule has 4 heteroatoms. The normalized spacial score (nSPS) is 13.1. The summed E-state index contributed by atoms with van der Waals surface area (Å²) in [7, 11) is -4.39. The van der Waals surface area contributed by atoms with Crippen molar-refractivity contribution in [3.8, 4) is 0 Å². The van der Waals surface area contributed by atoms with Crippen molar-refractivity contribution >= 4 is 7.28 Å². The molecule has 212 valence electrons. The van der Waals surface area contributed by atoms with E-state index in [0.29, 0.717) is 0 Å². The molecule has 0 atom stereocenters. The second kappa shape index (κ2) is 21.5. The van der Waals surface area contributed by atoms with Gasteiger partial charge in [0.05, 0.1) is 0 Å². The predicted octanol–water partition coefficient (Wildman–Crippen LogP) is 10.1. The van der Waals surface area contributed by atoms with E-state index >= 15 is 0 Å². The summed E-state index contributed by atoms with van der Waals surface area (Å²) in [5, 5.41) is 0. The molecule has 0 fully saturated rings. The molecular weight excluding hydrogens is 463 g/mol. The van der Waals surface area contributed by atoms with Crippen LogP contribution in [0.25, 0.3) is 0 Å². The summed E-state index contributed by atoms with van der Waals surface area (Å²) in [5.74, 6) is 0. The second-order valence-electron chi connectivity index (χ2n) is 11.4. The topological polar surface area (TPSA) is 60.7 Å². The van der Waals surface area contributed by atoms with E-state index in [4.69, 9.17) is 0 Å². The molecule has 0 amide bonds. The molecule has 36 heavy (non-hydrogen) atoms. The van der Waals surface area contributed by atoms with Gasteiger partial charge in [-0.05, 0) is 12.0 Å². The summed E-state index contributed by atoms with van der Waals surface area (Å²) in [6.07, 6.45) is 28.5. The molecule has 1 aromatic carbocycles. The van der Waals surface area contributed by atoms with Gasteiger partial charge in [0.25, 0.3) is 0 Å². The maximum absolute atomic E-state index is 10.4. The third kappa shape index (κ3) is 21.6. The summed E-state index contributed by atoms with van der Waals surface area (Å²) in [6.45, 7) is 2.26. The van der Waals surface area contributed by atoms with Crippen molar-refractivity contribution in [2.45, 2.75) is 155 Å². The number of aryl methyl sites for hydroxylation is 1. The molecule has 0 unspecified atom stereocenters. The van der Waals surface area contributed by atoms with Crippen LogP contribution >= 0.6 is 7.28 Å². The third-order valence-electron chi connectivity index (χ3n) is 7.64. The first-order valence-electron chi connectivity index (χ1n) is 15.7. The minimum Gasteiger partial charge on any atom is -0.0622 e. The van der Waals surface area contributed by atoms with E-state index in [9.17, 15) is 14.7 Å². The van der Waals surface area contributed by atoms with Crippen LogP contribution < -0.4 is 0 Å². The zero-order valence-corrected chi connectivity index (χ0v) is 24.7. The Hall–Kier alpha value is -0.470. The van der Waals surface area contributed by atoms with Gasteiger partial charge >= 0.3 is 176 Å². The van der Waals surface area contributed by atoms with E-state index in [1.54, 1.807) is 0 Å². The van der Waals surface area contributed by atoms with Crippen molar-refractivity contribution in [2.24, 2.45) is 0 Å². The van der Waals surface area contributed by atoms with Gasteiger partial charge in [-0.3, -0.25) is 0 Å². The van der Waals surface area contributed by atoms with E-state index in [2.05, 4.69) is 37.3 Å². The van der Waals surface area contributed by atoms with Crippen LogP contribution in [0.3, 0.4) is 0 Å². The quantitative estimate of drug-likeness (QED) is 0.0834. The van der Waals surface area contributed by atoms with E-state index in [0.717, 1.165) is 38.5 Å².